The summed E-state index contributed by atoms with van der Waals surface area (Å²) >= 11 is 13.9. The Labute approximate surface area is 189 Å². The van der Waals surface area contributed by atoms with E-state index in [2.05, 4.69) is 15.3 Å². The smallest absolute Gasteiger partial charge is 0.271 e. The number of hydrogen-bond donors (Lipinski definition) is 2. The van der Waals surface area contributed by atoms with Gasteiger partial charge < -0.3 is 10.3 Å². The average molecular weight is 475 g/mol. The van der Waals surface area contributed by atoms with Crippen molar-refractivity contribution in [2.45, 2.75) is 12.1 Å². The third-order valence-electron chi connectivity index (χ3n) is 4.17. The molecule has 2 N–H and O–H groups in total. The molecule has 152 valence electrons. The molecule has 0 saturated carbocycles. The number of para-hydroxylation sites is 1. The first-order chi connectivity index (χ1) is 14.4. The number of thioether (sulfide) groups is 1. The van der Waals surface area contributed by atoms with Gasteiger partial charge in [-0.1, -0.05) is 59.0 Å². The Morgan fingerprint density at radius 2 is 2.07 bits per heavy atom. The van der Waals surface area contributed by atoms with Gasteiger partial charge in [-0.3, -0.25) is 14.2 Å². The first-order valence-electron chi connectivity index (χ1n) is 8.82. The van der Waals surface area contributed by atoms with E-state index < -0.39 is 0 Å². The van der Waals surface area contributed by atoms with E-state index in [1.807, 2.05) is 43.3 Å². The normalized spacial score (nSPS) is 11.0. The number of benzene rings is 2. The SMILES string of the molecule is Cc1ccc(NC(=O)CSc2nc3c(sc(=S)n3-c3ccccc3)c(=O)[nH]2)c(Cl)c1. The number of aryl methyl sites for hydroxylation is 1. The lowest BCUT2D eigenvalue weighted by Crippen LogP contribution is -2.16. The lowest BCUT2D eigenvalue weighted by Gasteiger charge is -2.08. The van der Waals surface area contributed by atoms with Crippen molar-refractivity contribution >= 4 is 68.9 Å². The number of H-pyrrole nitrogens is 1. The van der Waals surface area contributed by atoms with Gasteiger partial charge in [-0.25, -0.2) is 4.98 Å². The van der Waals surface area contributed by atoms with Gasteiger partial charge in [0.15, 0.2) is 14.8 Å². The van der Waals surface area contributed by atoms with Crippen LogP contribution in [-0.2, 0) is 4.79 Å². The highest BCUT2D eigenvalue weighted by Gasteiger charge is 2.15. The maximum atomic E-state index is 12.5. The number of aromatic nitrogens is 3. The highest BCUT2D eigenvalue weighted by atomic mass is 35.5. The van der Waals surface area contributed by atoms with Gasteiger partial charge >= 0.3 is 0 Å². The van der Waals surface area contributed by atoms with Crippen LogP contribution >= 0.6 is 46.9 Å². The summed E-state index contributed by atoms with van der Waals surface area (Å²) in [6.07, 6.45) is 0. The Kier molecular flexibility index (Phi) is 6.05. The number of nitrogens with one attached hydrogen (secondary N) is 2. The summed E-state index contributed by atoms with van der Waals surface area (Å²) in [7, 11) is 0. The topological polar surface area (TPSA) is 79.8 Å². The molecule has 2 aromatic heterocycles. The molecule has 2 aromatic carbocycles. The fourth-order valence-corrected chi connectivity index (χ4v) is 5.02. The van der Waals surface area contributed by atoms with Crippen molar-refractivity contribution in [3.05, 3.63) is 73.4 Å². The lowest BCUT2D eigenvalue weighted by atomic mass is 10.2. The fourth-order valence-electron chi connectivity index (χ4n) is 2.81. The number of thiazole rings is 1. The predicted molar refractivity (Wildman–Crippen MR) is 126 cm³/mol. The number of halogens is 1. The number of carbonyl (C=O) groups excluding carboxylic acids is 1. The molecule has 0 aliphatic carbocycles. The summed E-state index contributed by atoms with van der Waals surface area (Å²) in [5.41, 5.74) is 2.57. The maximum Gasteiger partial charge on any atom is 0.271 e. The molecule has 30 heavy (non-hydrogen) atoms. The van der Waals surface area contributed by atoms with E-state index in [1.54, 1.807) is 16.7 Å². The molecule has 0 aliphatic rings. The molecular formula is C20H15ClN4O2S3. The van der Waals surface area contributed by atoms with Gasteiger partial charge in [0, 0.05) is 5.69 Å². The minimum absolute atomic E-state index is 0.0643. The second-order valence-electron chi connectivity index (χ2n) is 6.38. The van der Waals surface area contributed by atoms with Crippen molar-refractivity contribution in [2.75, 3.05) is 11.1 Å². The summed E-state index contributed by atoms with van der Waals surface area (Å²) in [4.78, 5) is 32.1. The molecule has 0 unspecified atom stereocenters. The number of carbonyl (C=O) groups is 1. The van der Waals surface area contributed by atoms with E-state index in [1.165, 1.54) is 11.3 Å². The number of anilines is 1. The monoisotopic (exact) mass is 474 g/mol. The van der Waals surface area contributed by atoms with Crippen molar-refractivity contribution in [2.24, 2.45) is 0 Å². The standard InChI is InChI=1S/C20H15ClN4O2S3/c1-11-7-8-14(13(21)9-11)22-15(26)10-29-19-23-17-16(18(27)24-19)30-20(28)25(17)12-5-3-2-4-6-12/h2-9H,10H2,1H3,(H,22,26)(H,23,24,27). The van der Waals surface area contributed by atoms with E-state index in [9.17, 15) is 9.59 Å². The first kappa shape index (κ1) is 20.8. The molecule has 6 nitrogen and oxygen atoms in total. The van der Waals surface area contributed by atoms with Crippen molar-refractivity contribution < 1.29 is 4.79 Å². The largest absolute Gasteiger partial charge is 0.324 e. The fraction of sp³-hybridized carbons (Fsp3) is 0.100. The van der Waals surface area contributed by atoms with Crippen molar-refractivity contribution in [3.8, 4) is 5.69 Å². The zero-order chi connectivity index (χ0) is 21.3. The van der Waals surface area contributed by atoms with Crippen molar-refractivity contribution in [3.63, 3.8) is 0 Å². The Bertz CT molecular complexity index is 1360. The molecule has 2 heterocycles. The molecule has 0 saturated heterocycles. The van der Waals surface area contributed by atoms with Gasteiger partial charge in [-0.2, -0.15) is 0 Å². The molecule has 0 aliphatic heterocycles. The molecular weight excluding hydrogens is 460 g/mol. The minimum atomic E-state index is -0.282. The number of nitrogens with zero attached hydrogens (tertiary/aromatic N) is 2. The van der Waals surface area contributed by atoms with Crippen molar-refractivity contribution in [1.82, 2.24) is 14.5 Å². The Balaban J connectivity index is 1.58. The molecule has 0 spiro atoms. The number of amides is 1. The molecule has 0 fully saturated rings. The summed E-state index contributed by atoms with van der Waals surface area (Å²) < 4.78 is 2.74. The number of aromatic amines is 1. The number of rotatable bonds is 5. The van der Waals surface area contributed by atoms with Crippen LogP contribution in [0, 0.1) is 10.9 Å². The molecule has 1 amide bonds. The van der Waals surface area contributed by atoms with E-state index in [0.29, 0.717) is 30.2 Å². The summed E-state index contributed by atoms with van der Waals surface area (Å²) in [6, 6.07) is 14.9. The van der Waals surface area contributed by atoms with Crippen molar-refractivity contribution in [1.29, 1.82) is 0 Å². The van der Waals surface area contributed by atoms with Gasteiger partial charge in [0.1, 0.15) is 4.70 Å². The van der Waals surface area contributed by atoms with Crippen LogP contribution in [0.1, 0.15) is 5.56 Å². The molecule has 4 aromatic rings. The van der Waals surface area contributed by atoms with Crippen LogP contribution in [0.3, 0.4) is 0 Å². The second kappa shape index (κ2) is 8.73. The van der Waals surface area contributed by atoms with Gasteiger partial charge in [0.2, 0.25) is 5.91 Å². The van der Waals surface area contributed by atoms with Gasteiger partial charge in [-0.05, 0) is 49.0 Å². The van der Waals surface area contributed by atoms with Crippen LogP contribution in [-0.4, -0.2) is 26.2 Å². The van der Waals surface area contributed by atoms with E-state index in [4.69, 9.17) is 23.8 Å². The van der Waals surface area contributed by atoms with E-state index in [-0.39, 0.29) is 17.2 Å². The zero-order valence-electron chi connectivity index (χ0n) is 15.6. The molecule has 0 bridgehead atoms. The van der Waals surface area contributed by atoms with Crippen LogP contribution in [0.5, 0.6) is 0 Å². The van der Waals surface area contributed by atoms with Gasteiger partial charge in [-0.15, -0.1) is 0 Å². The Morgan fingerprint density at radius 1 is 1.30 bits per heavy atom. The van der Waals surface area contributed by atoms with Gasteiger partial charge in [0.25, 0.3) is 5.56 Å². The summed E-state index contributed by atoms with van der Waals surface area (Å²) in [5, 5.41) is 3.59. The molecule has 0 radical (unpaired) electrons. The number of fused-ring (bicyclic) bond motifs is 1. The van der Waals surface area contributed by atoms with Crippen LogP contribution in [0.4, 0.5) is 5.69 Å². The van der Waals surface area contributed by atoms with Crippen LogP contribution in [0.25, 0.3) is 16.0 Å². The van der Waals surface area contributed by atoms with E-state index in [0.717, 1.165) is 23.0 Å². The molecule has 4 rings (SSSR count). The lowest BCUT2D eigenvalue weighted by molar-refractivity contribution is -0.113. The Morgan fingerprint density at radius 3 is 2.80 bits per heavy atom. The quantitative estimate of drug-likeness (QED) is 0.236. The number of hydrogen-bond acceptors (Lipinski definition) is 6. The summed E-state index contributed by atoms with van der Waals surface area (Å²) in [5.74, 6) is -0.187. The maximum absolute atomic E-state index is 12.5. The van der Waals surface area contributed by atoms with Crippen LogP contribution < -0.4 is 10.9 Å². The average Bonchev–Trinajstić information content (AvgIpc) is 3.06. The zero-order valence-corrected chi connectivity index (χ0v) is 18.8. The molecule has 10 heteroatoms. The first-order valence-corrected chi connectivity index (χ1v) is 11.4. The van der Waals surface area contributed by atoms with Crippen LogP contribution in [0.15, 0.2) is 58.5 Å². The minimum Gasteiger partial charge on any atom is -0.324 e. The predicted octanol–water partition coefficient (Wildman–Crippen LogP) is 5.20. The highest BCUT2D eigenvalue weighted by molar-refractivity contribution is 7.99. The third kappa shape index (κ3) is 4.34. The van der Waals surface area contributed by atoms with Gasteiger partial charge in [0.05, 0.1) is 16.5 Å². The Hall–Kier alpha value is -2.46. The highest BCUT2D eigenvalue weighted by Crippen LogP contribution is 2.25. The van der Waals surface area contributed by atoms with E-state index >= 15 is 0 Å². The van der Waals surface area contributed by atoms with Crippen LogP contribution in [0.2, 0.25) is 5.02 Å². The third-order valence-corrected chi connectivity index (χ3v) is 6.72. The molecule has 0 atom stereocenters. The second-order valence-corrected chi connectivity index (χ2v) is 9.40. The summed E-state index contributed by atoms with van der Waals surface area (Å²) in [6.45, 7) is 1.92.